The van der Waals surface area contributed by atoms with Crippen LogP contribution in [0.1, 0.15) is 42.4 Å². The van der Waals surface area contributed by atoms with Gasteiger partial charge in [-0.25, -0.2) is 0 Å². The van der Waals surface area contributed by atoms with Crippen LogP contribution in [0.3, 0.4) is 0 Å². The van der Waals surface area contributed by atoms with Gasteiger partial charge in [-0.15, -0.1) is 0 Å². The van der Waals surface area contributed by atoms with Gasteiger partial charge in [-0.3, -0.25) is 0 Å². The molecule has 2 N–H and O–H groups in total. The van der Waals surface area contributed by atoms with Crippen molar-refractivity contribution < 1.29 is 10.2 Å². The molecule has 0 saturated heterocycles. The van der Waals surface area contributed by atoms with Crippen LogP contribution in [0.25, 0.3) is 0 Å². The molecule has 2 rings (SSSR count). The van der Waals surface area contributed by atoms with E-state index in [0.29, 0.717) is 5.02 Å². The van der Waals surface area contributed by atoms with Gasteiger partial charge in [-0.05, 0) is 36.8 Å². The summed E-state index contributed by atoms with van der Waals surface area (Å²) in [5.41, 5.74) is 3.11. The lowest BCUT2D eigenvalue weighted by atomic mass is 9.87. The van der Waals surface area contributed by atoms with Crippen molar-refractivity contribution in [2.75, 3.05) is 6.61 Å². The van der Waals surface area contributed by atoms with Gasteiger partial charge in [-0.1, -0.05) is 24.6 Å². The second-order valence-electron chi connectivity index (χ2n) is 4.56. The van der Waals surface area contributed by atoms with Crippen molar-refractivity contribution in [1.82, 2.24) is 0 Å². The first-order valence-corrected chi connectivity index (χ1v) is 6.17. The van der Waals surface area contributed by atoms with E-state index in [1.165, 1.54) is 12.0 Å². The molecule has 1 unspecified atom stereocenters. The van der Waals surface area contributed by atoms with Crippen LogP contribution < -0.4 is 0 Å². The SMILES string of the molecule is CC(CO)c1cc2c(c(Cl)c1O)CCCC2. The van der Waals surface area contributed by atoms with Crippen LogP contribution >= 0.6 is 11.6 Å². The number of phenolic OH excluding ortho intramolecular Hbond substituents is 1. The summed E-state index contributed by atoms with van der Waals surface area (Å²) < 4.78 is 0. The summed E-state index contributed by atoms with van der Waals surface area (Å²) in [6, 6.07) is 2.01. The van der Waals surface area contributed by atoms with Crippen LogP contribution in [0.15, 0.2) is 6.07 Å². The minimum absolute atomic E-state index is 0.0304. The van der Waals surface area contributed by atoms with E-state index < -0.39 is 0 Å². The number of benzene rings is 1. The number of fused-ring (bicyclic) bond motifs is 1. The molecule has 88 valence electrons. The lowest BCUT2D eigenvalue weighted by molar-refractivity contribution is 0.270. The Morgan fingerprint density at radius 2 is 2.06 bits per heavy atom. The number of hydrogen-bond acceptors (Lipinski definition) is 2. The minimum Gasteiger partial charge on any atom is -0.506 e. The second-order valence-corrected chi connectivity index (χ2v) is 4.93. The van der Waals surface area contributed by atoms with E-state index in [4.69, 9.17) is 16.7 Å². The van der Waals surface area contributed by atoms with E-state index in [1.807, 2.05) is 13.0 Å². The molecule has 0 aromatic heterocycles. The molecule has 1 aromatic rings. The largest absolute Gasteiger partial charge is 0.506 e. The summed E-state index contributed by atoms with van der Waals surface area (Å²) in [6.45, 7) is 1.92. The number of phenols is 1. The molecule has 2 nitrogen and oxygen atoms in total. The lowest BCUT2D eigenvalue weighted by Gasteiger charge is -2.21. The third kappa shape index (κ3) is 1.92. The maximum Gasteiger partial charge on any atom is 0.138 e. The molecule has 1 aromatic carbocycles. The molecule has 0 amide bonds. The quantitative estimate of drug-likeness (QED) is 0.834. The average Bonchev–Trinajstić information content (AvgIpc) is 2.33. The zero-order valence-corrected chi connectivity index (χ0v) is 10.2. The van der Waals surface area contributed by atoms with Gasteiger partial charge >= 0.3 is 0 Å². The molecule has 3 heteroatoms. The summed E-state index contributed by atoms with van der Waals surface area (Å²) in [4.78, 5) is 0. The molecule has 0 bridgehead atoms. The number of rotatable bonds is 2. The van der Waals surface area contributed by atoms with Gasteiger partial charge in [0.05, 0.1) is 5.02 Å². The van der Waals surface area contributed by atoms with Crippen molar-refractivity contribution in [3.63, 3.8) is 0 Å². The topological polar surface area (TPSA) is 40.5 Å². The van der Waals surface area contributed by atoms with Crippen LogP contribution in [0, 0.1) is 0 Å². The minimum atomic E-state index is -0.0651. The first kappa shape index (κ1) is 11.7. The van der Waals surface area contributed by atoms with Crippen molar-refractivity contribution in [2.45, 2.75) is 38.5 Å². The predicted molar refractivity (Wildman–Crippen MR) is 65.3 cm³/mol. The lowest BCUT2D eigenvalue weighted by Crippen LogP contribution is -2.07. The fraction of sp³-hybridized carbons (Fsp3) is 0.538. The van der Waals surface area contributed by atoms with E-state index in [0.717, 1.165) is 30.4 Å². The fourth-order valence-corrected chi connectivity index (χ4v) is 2.66. The van der Waals surface area contributed by atoms with Crippen LogP contribution in [0.4, 0.5) is 0 Å². The molecule has 0 radical (unpaired) electrons. The van der Waals surface area contributed by atoms with Gasteiger partial charge in [0.15, 0.2) is 0 Å². The number of hydrogen-bond donors (Lipinski definition) is 2. The highest BCUT2D eigenvalue weighted by atomic mass is 35.5. The van der Waals surface area contributed by atoms with E-state index in [2.05, 4.69) is 0 Å². The van der Waals surface area contributed by atoms with Gasteiger partial charge in [0.25, 0.3) is 0 Å². The highest BCUT2D eigenvalue weighted by molar-refractivity contribution is 6.33. The number of halogens is 1. The molecular formula is C13H17ClO2. The Hall–Kier alpha value is -0.730. The molecular weight excluding hydrogens is 224 g/mol. The fourth-order valence-electron chi connectivity index (χ4n) is 2.34. The third-order valence-corrected chi connectivity index (χ3v) is 3.80. The Morgan fingerprint density at radius 1 is 1.38 bits per heavy atom. The summed E-state index contributed by atoms with van der Waals surface area (Å²) in [7, 11) is 0. The molecule has 0 spiro atoms. The standard InChI is InChI=1S/C13H17ClO2/c1-8(7-15)11-6-9-4-2-3-5-10(9)12(14)13(11)16/h6,8,15-16H,2-5,7H2,1H3. The summed E-state index contributed by atoms with van der Waals surface area (Å²) in [5.74, 6) is 0.0913. The maximum atomic E-state index is 10.0. The summed E-state index contributed by atoms with van der Waals surface area (Å²) in [5, 5.41) is 19.7. The van der Waals surface area contributed by atoms with Gasteiger partial charge in [0, 0.05) is 18.1 Å². The highest BCUT2D eigenvalue weighted by Crippen LogP contribution is 2.40. The van der Waals surface area contributed by atoms with Crippen LogP contribution in [-0.2, 0) is 12.8 Å². The van der Waals surface area contributed by atoms with Crippen molar-refractivity contribution >= 4 is 11.6 Å². The van der Waals surface area contributed by atoms with Crippen molar-refractivity contribution in [2.24, 2.45) is 0 Å². The van der Waals surface area contributed by atoms with E-state index in [-0.39, 0.29) is 18.3 Å². The van der Waals surface area contributed by atoms with Crippen LogP contribution in [0.5, 0.6) is 5.75 Å². The molecule has 1 aliphatic carbocycles. The van der Waals surface area contributed by atoms with Gasteiger partial charge in [-0.2, -0.15) is 0 Å². The zero-order valence-electron chi connectivity index (χ0n) is 9.46. The first-order valence-electron chi connectivity index (χ1n) is 5.79. The van der Waals surface area contributed by atoms with Gasteiger partial charge in [0.1, 0.15) is 5.75 Å². The molecule has 0 aliphatic heterocycles. The summed E-state index contributed by atoms with van der Waals surface area (Å²) >= 11 is 6.19. The normalized spacial score (nSPS) is 16.9. The van der Waals surface area contributed by atoms with Crippen molar-refractivity contribution in [3.05, 3.63) is 27.8 Å². The van der Waals surface area contributed by atoms with Gasteiger partial charge < -0.3 is 10.2 Å². The molecule has 0 fully saturated rings. The number of aliphatic hydroxyl groups excluding tert-OH is 1. The molecule has 1 atom stereocenters. The maximum absolute atomic E-state index is 10.0. The Labute approximate surface area is 101 Å². The second kappa shape index (κ2) is 4.64. The predicted octanol–water partition coefficient (Wildman–Crippen LogP) is 3.02. The first-order chi connectivity index (χ1) is 7.65. The Balaban J connectivity index is 2.52. The van der Waals surface area contributed by atoms with Gasteiger partial charge in [0.2, 0.25) is 0 Å². The molecule has 0 saturated carbocycles. The highest BCUT2D eigenvalue weighted by Gasteiger charge is 2.20. The number of aliphatic hydroxyl groups is 1. The van der Waals surface area contributed by atoms with E-state index >= 15 is 0 Å². The summed E-state index contributed by atoms with van der Waals surface area (Å²) in [6.07, 6.45) is 4.30. The number of aryl methyl sites for hydroxylation is 1. The smallest absolute Gasteiger partial charge is 0.138 e. The Bertz CT molecular complexity index is 401. The van der Waals surface area contributed by atoms with Crippen molar-refractivity contribution in [3.8, 4) is 5.75 Å². The van der Waals surface area contributed by atoms with E-state index in [1.54, 1.807) is 0 Å². The third-order valence-electron chi connectivity index (χ3n) is 3.39. The Kier molecular flexibility index (Phi) is 3.41. The zero-order chi connectivity index (χ0) is 11.7. The molecule has 1 aliphatic rings. The number of aromatic hydroxyl groups is 1. The van der Waals surface area contributed by atoms with E-state index in [9.17, 15) is 5.11 Å². The van der Waals surface area contributed by atoms with Crippen molar-refractivity contribution in [1.29, 1.82) is 0 Å². The Morgan fingerprint density at radius 3 is 2.75 bits per heavy atom. The van der Waals surface area contributed by atoms with Crippen LogP contribution in [-0.4, -0.2) is 16.8 Å². The monoisotopic (exact) mass is 240 g/mol. The molecule has 0 heterocycles. The van der Waals surface area contributed by atoms with Crippen LogP contribution in [0.2, 0.25) is 5.02 Å². The average molecular weight is 241 g/mol. The molecule has 16 heavy (non-hydrogen) atoms.